The number of halogens is 6. The van der Waals surface area contributed by atoms with Crippen LogP contribution in [0.4, 0.5) is 26.3 Å². The summed E-state index contributed by atoms with van der Waals surface area (Å²) in [6.07, 6.45) is -9.32. The molecule has 0 aliphatic carbocycles. The van der Waals surface area contributed by atoms with Crippen LogP contribution >= 0.6 is 0 Å². The van der Waals surface area contributed by atoms with E-state index in [1.165, 1.54) is 13.0 Å². The molecular weight excluding hydrogens is 468 g/mol. The maximum Gasteiger partial charge on any atom is 0.416 e. The predicted molar refractivity (Wildman–Crippen MR) is 112 cm³/mol. The monoisotopic (exact) mass is 487 g/mol. The van der Waals surface area contributed by atoms with Crippen LogP contribution in [0.25, 0.3) is 16.6 Å². The van der Waals surface area contributed by atoms with Crippen molar-refractivity contribution >= 4 is 22.5 Å². The van der Waals surface area contributed by atoms with Crippen molar-refractivity contribution in [2.45, 2.75) is 32.1 Å². The number of alkyl halides is 6. The Hall–Kier alpha value is -3.54. The van der Waals surface area contributed by atoms with E-state index in [-0.39, 0.29) is 47.3 Å². The van der Waals surface area contributed by atoms with E-state index in [0.29, 0.717) is 12.1 Å². The summed E-state index contributed by atoms with van der Waals surface area (Å²) in [7, 11) is 0. The minimum atomic E-state index is -4.74. The molecule has 2 aromatic carbocycles. The predicted octanol–water partition coefficient (Wildman–Crippen LogP) is 4.99. The summed E-state index contributed by atoms with van der Waals surface area (Å²) in [6.45, 7) is 1.15. The lowest BCUT2D eigenvalue weighted by Gasteiger charge is -2.12. The van der Waals surface area contributed by atoms with Gasteiger partial charge in [-0.05, 0) is 43.7 Å². The zero-order valence-electron chi connectivity index (χ0n) is 17.6. The molecule has 3 aromatic rings. The van der Waals surface area contributed by atoms with Gasteiger partial charge in [-0.2, -0.15) is 31.4 Å². The normalized spacial score (nSPS) is 12.9. The van der Waals surface area contributed by atoms with Crippen molar-refractivity contribution in [3.05, 3.63) is 59.2 Å². The highest BCUT2D eigenvalue weighted by atomic mass is 19.4. The van der Waals surface area contributed by atoms with Crippen molar-refractivity contribution in [2.24, 2.45) is 5.10 Å². The van der Waals surface area contributed by atoms with Crippen LogP contribution in [0.3, 0.4) is 0 Å². The average Bonchev–Trinajstić information content (AvgIpc) is 3.06. The fraction of sp³-hybridized carbons (Fsp3) is 0.273. The summed E-state index contributed by atoms with van der Waals surface area (Å²) in [5.74, 6) is -1.20. The number of hydrazone groups is 1. The Morgan fingerprint density at radius 3 is 2.29 bits per heavy atom. The number of carbonyl (C=O) groups excluding carboxylic acids is 1. The maximum absolute atomic E-state index is 13.3. The van der Waals surface area contributed by atoms with Crippen LogP contribution in [0, 0.1) is 0 Å². The van der Waals surface area contributed by atoms with Crippen LogP contribution in [0.5, 0.6) is 5.88 Å². The first kappa shape index (κ1) is 25.1. The number of nitrogens with one attached hydrogen (secondary N) is 1. The van der Waals surface area contributed by atoms with Crippen molar-refractivity contribution in [2.75, 3.05) is 6.61 Å². The zero-order chi connectivity index (χ0) is 25.3. The van der Waals surface area contributed by atoms with Gasteiger partial charge in [0.05, 0.1) is 27.9 Å². The Kier molecular flexibility index (Phi) is 6.92. The summed E-state index contributed by atoms with van der Waals surface area (Å²) in [6, 6.07) is 6.33. The first-order valence-electron chi connectivity index (χ1n) is 9.91. The second kappa shape index (κ2) is 9.37. The van der Waals surface area contributed by atoms with E-state index in [1.807, 2.05) is 0 Å². The van der Waals surface area contributed by atoms with Crippen LogP contribution in [0.2, 0.25) is 0 Å². The van der Waals surface area contributed by atoms with Gasteiger partial charge in [0.1, 0.15) is 0 Å². The van der Waals surface area contributed by atoms with Gasteiger partial charge < -0.3 is 10.2 Å². The Balaban J connectivity index is 2.22. The number of amides is 1. The van der Waals surface area contributed by atoms with Crippen molar-refractivity contribution in [1.82, 2.24) is 9.99 Å². The van der Waals surface area contributed by atoms with E-state index < -0.39 is 35.3 Å². The van der Waals surface area contributed by atoms with E-state index in [1.54, 1.807) is 0 Å². The number of nitrogens with zero attached hydrogens (tertiary/aromatic N) is 2. The van der Waals surface area contributed by atoms with Gasteiger partial charge in [-0.1, -0.05) is 12.1 Å². The Morgan fingerprint density at radius 1 is 1.03 bits per heavy atom. The Bertz CT molecular complexity index is 1250. The van der Waals surface area contributed by atoms with Crippen molar-refractivity contribution in [3.63, 3.8) is 0 Å². The lowest BCUT2D eigenvalue weighted by molar-refractivity contribution is -0.138. The van der Waals surface area contributed by atoms with E-state index in [2.05, 4.69) is 10.5 Å². The smallest absolute Gasteiger partial charge is 0.416 e. The fourth-order valence-electron chi connectivity index (χ4n) is 3.39. The van der Waals surface area contributed by atoms with Crippen molar-refractivity contribution in [1.29, 1.82) is 0 Å². The number of aliphatic hydroxyl groups is 1. The summed E-state index contributed by atoms with van der Waals surface area (Å²) < 4.78 is 80.5. The Morgan fingerprint density at radius 2 is 1.68 bits per heavy atom. The van der Waals surface area contributed by atoms with Gasteiger partial charge in [-0.15, -0.1) is 0 Å². The van der Waals surface area contributed by atoms with Gasteiger partial charge >= 0.3 is 12.4 Å². The second-order valence-electron chi connectivity index (χ2n) is 7.37. The first-order valence-corrected chi connectivity index (χ1v) is 9.91. The van der Waals surface area contributed by atoms with E-state index >= 15 is 0 Å². The Labute approximate surface area is 189 Å². The largest absolute Gasteiger partial charge is 0.494 e. The van der Waals surface area contributed by atoms with Gasteiger partial charge in [-0.25, -0.2) is 5.43 Å². The number of aromatic hydroxyl groups is 1. The number of fused-ring (bicyclic) bond motifs is 1. The third-order valence-corrected chi connectivity index (χ3v) is 4.97. The topological polar surface area (TPSA) is 86.8 Å². The second-order valence-corrected chi connectivity index (χ2v) is 7.37. The lowest BCUT2D eigenvalue weighted by atomic mass is 10.1. The molecule has 0 saturated heterocycles. The van der Waals surface area contributed by atoms with Gasteiger partial charge in [0.15, 0.2) is 0 Å². The molecule has 3 rings (SSSR count). The number of carbonyl (C=O) groups is 1. The third-order valence-electron chi connectivity index (χ3n) is 4.97. The number of hydrogen-bond donors (Lipinski definition) is 3. The molecule has 0 unspecified atom stereocenters. The number of aromatic nitrogens is 1. The number of hydrogen-bond acceptors (Lipinski definition) is 4. The molecule has 12 heteroatoms. The summed E-state index contributed by atoms with van der Waals surface area (Å²) in [4.78, 5) is 11.8. The van der Waals surface area contributed by atoms with Crippen molar-refractivity contribution in [3.8, 4) is 11.6 Å². The molecule has 0 aliphatic heterocycles. The fourth-order valence-corrected chi connectivity index (χ4v) is 3.39. The standard InChI is InChI=1S/C22H19F6N3O3/c1-12(29-30-18(33)6-3-9-32)19-16-8-7-14(22(26,27)28)11-17(16)31(20(19)34)15-5-2-4-13(10-15)21(23,24)25/h2,4-5,7-8,10-11,32,34H,3,6,9H2,1H3,(H,30,33)/b29-12-. The maximum atomic E-state index is 13.3. The highest BCUT2D eigenvalue weighted by molar-refractivity contribution is 6.13. The molecule has 0 atom stereocenters. The van der Waals surface area contributed by atoms with Crippen LogP contribution in [-0.4, -0.2) is 33.0 Å². The molecule has 0 aliphatic rings. The summed E-state index contributed by atoms with van der Waals surface area (Å²) in [5.41, 5.74) is -0.396. The minimum Gasteiger partial charge on any atom is -0.494 e. The lowest BCUT2D eigenvalue weighted by Crippen LogP contribution is -2.19. The molecule has 1 amide bonds. The highest BCUT2D eigenvalue weighted by Crippen LogP contribution is 2.39. The number of benzene rings is 2. The number of rotatable bonds is 6. The molecule has 182 valence electrons. The molecule has 1 aromatic heterocycles. The highest BCUT2D eigenvalue weighted by Gasteiger charge is 2.33. The first-order chi connectivity index (χ1) is 15.8. The molecule has 0 spiro atoms. The molecule has 0 radical (unpaired) electrons. The molecule has 3 N–H and O–H groups in total. The SMILES string of the molecule is C/C(=N/NC(=O)CCCO)c1c(O)n(-c2cccc(C(F)(F)F)c2)c2cc(C(F)(F)F)ccc12. The van der Waals surface area contributed by atoms with Gasteiger partial charge in [0.2, 0.25) is 11.8 Å². The van der Waals surface area contributed by atoms with Gasteiger partial charge in [0, 0.05) is 24.1 Å². The quantitative estimate of drug-likeness (QED) is 0.260. The van der Waals surface area contributed by atoms with Crippen LogP contribution in [0.15, 0.2) is 47.6 Å². The zero-order valence-corrected chi connectivity index (χ0v) is 17.6. The number of aliphatic hydroxyl groups excluding tert-OH is 1. The average molecular weight is 487 g/mol. The van der Waals surface area contributed by atoms with Crippen LogP contribution in [0.1, 0.15) is 36.5 Å². The van der Waals surface area contributed by atoms with E-state index in [0.717, 1.165) is 28.8 Å². The molecule has 34 heavy (non-hydrogen) atoms. The molecule has 0 saturated carbocycles. The molecule has 0 bridgehead atoms. The van der Waals surface area contributed by atoms with Crippen LogP contribution in [-0.2, 0) is 17.1 Å². The minimum absolute atomic E-state index is 0.00494. The summed E-state index contributed by atoms with van der Waals surface area (Å²) >= 11 is 0. The molecule has 0 fully saturated rings. The third kappa shape index (κ3) is 5.16. The van der Waals surface area contributed by atoms with E-state index in [4.69, 9.17) is 5.11 Å². The van der Waals surface area contributed by atoms with Gasteiger partial charge in [0.25, 0.3) is 0 Å². The van der Waals surface area contributed by atoms with Crippen LogP contribution < -0.4 is 5.43 Å². The molecule has 1 heterocycles. The molecule has 6 nitrogen and oxygen atoms in total. The summed E-state index contributed by atoms with van der Waals surface area (Å²) in [5, 5.41) is 23.6. The van der Waals surface area contributed by atoms with Gasteiger partial charge in [-0.3, -0.25) is 9.36 Å². The van der Waals surface area contributed by atoms with E-state index in [9.17, 15) is 36.2 Å². The molecular formula is C22H19F6N3O3. The van der Waals surface area contributed by atoms with Crippen molar-refractivity contribution < 1.29 is 41.4 Å².